The van der Waals surface area contributed by atoms with E-state index in [0.717, 1.165) is 13.1 Å². The molecule has 2 aromatic rings. The Morgan fingerprint density at radius 2 is 1.48 bits per heavy atom. The van der Waals surface area contributed by atoms with E-state index >= 15 is 0 Å². The minimum Gasteiger partial charge on any atom is -0.378 e. The fraction of sp³-hybridized carbons (Fsp3) is 0.500. The first kappa shape index (κ1) is 19.4. The molecular formula is C20H26N6O3. The van der Waals surface area contributed by atoms with Crippen LogP contribution in [0.4, 0.5) is 23.0 Å². The van der Waals surface area contributed by atoms with Crippen molar-refractivity contribution in [3.8, 4) is 0 Å². The number of aryl methyl sites for hydroxylation is 2. The molecule has 9 heteroatoms. The van der Waals surface area contributed by atoms with Gasteiger partial charge in [-0.1, -0.05) is 6.07 Å². The molecule has 2 aliphatic rings. The minimum absolute atomic E-state index is 0.00553. The molecule has 1 aromatic heterocycles. The molecule has 0 amide bonds. The molecule has 0 saturated carbocycles. The second-order valence-electron chi connectivity index (χ2n) is 7.47. The van der Waals surface area contributed by atoms with Crippen molar-refractivity contribution in [2.75, 3.05) is 67.2 Å². The first-order valence-corrected chi connectivity index (χ1v) is 9.94. The van der Waals surface area contributed by atoms with Crippen molar-refractivity contribution in [2.24, 2.45) is 0 Å². The number of hydrogen-bond donors (Lipinski definition) is 0. The van der Waals surface area contributed by atoms with Gasteiger partial charge in [0.1, 0.15) is 6.33 Å². The van der Waals surface area contributed by atoms with E-state index in [-0.39, 0.29) is 10.6 Å². The third-order valence-electron chi connectivity index (χ3n) is 5.71. The number of benzene rings is 1. The lowest BCUT2D eigenvalue weighted by Gasteiger charge is -2.37. The number of rotatable bonds is 4. The van der Waals surface area contributed by atoms with Crippen molar-refractivity contribution in [1.82, 2.24) is 9.97 Å². The molecule has 0 radical (unpaired) electrons. The van der Waals surface area contributed by atoms with Crippen LogP contribution in [0.3, 0.4) is 0 Å². The Kier molecular flexibility index (Phi) is 5.48. The number of nitro groups is 1. The van der Waals surface area contributed by atoms with Crippen molar-refractivity contribution in [3.63, 3.8) is 0 Å². The molecule has 0 aliphatic carbocycles. The van der Waals surface area contributed by atoms with E-state index in [1.54, 1.807) is 0 Å². The van der Waals surface area contributed by atoms with Gasteiger partial charge in [0, 0.05) is 45.0 Å². The van der Waals surface area contributed by atoms with Crippen LogP contribution in [0.2, 0.25) is 0 Å². The Balaban J connectivity index is 1.54. The first-order chi connectivity index (χ1) is 14.0. The maximum absolute atomic E-state index is 11.9. The van der Waals surface area contributed by atoms with Crippen molar-refractivity contribution in [1.29, 1.82) is 0 Å². The second-order valence-corrected chi connectivity index (χ2v) is 7.47. The molecule has 0 atom stereocenters. The molecular weight excluding hydrogens is 372 g/mol. The number of aromatic nitrogens is 2. The molecule has 2 aliphatic heterocycles. The van der Waals surface area contributed by atoms with Gasteiger partial charge < -0.3 is 19.4 Å². The highest BCUT2D eigenvalue weighted by Gasteiger charge is 2.32. The van der Waals surface area contributed by atoms with Crippen molar-refractivity contribution in [2.45, 2.75) is 13.8 Å². The number of ether oxygens (including phenoxy) is 1. The molecule has 4 rings (SSSR count). The normalized spacial score (nSPS) is 17.5. The molecule has 1 aromatic carbocycles. The summed E-state index contributed by atoms with van der Waals surface area (Å²) in [5, 5.41) is 11.9. The third-order valence-corrected chi connectivity index (χ3v) is 5.71. The van der Waals surface area contributed by atoms with Gasteiger partial charge in [-0.25, -0.2) is 9.97 Å². The zero-order valence-corrected chi connectivity index (χ0v) is 16.9. The summed E-state index contributed by atoms with van der Waals surface area (Å²) < 4.78 is 5.37. The summed E-state index contributed by atoms with van der Waals surface area (Å²) in [5.74, 6) is 0.797. The van der Waals surface area contributed by atoms with Crippen molar-refractivity contribution in [3.05, 3.63) is 45.8 Å². The average molecular weight is 398 g/mol. The Morgan fingerprint density at radius 3 is 2.07 bits per heavy atom. The van der Waals surface area contributed by atoms with E-state index in [1.165, 1.54) is 23.1 Å². The van der Waals surface area contributed by atoms with E-state index in [1.807, 2.05) is 9.80 Å². The predicted molar refractivity (Wildman–Crippen MR) is 112 cm³/mol. The van der Waals surface area contributed by atoms with Crippen LogP contribution in [-0.4, -0.2) is 67.4 Å². The smallest absolute Gasteiger partial charge is 0.353 e. The molecule has 0 unspecified atom stereocenters. The highest BCUT2D eigenvalue weighted by Crippen LogP contribution is 2.35. The SMILES string of the molecule is Cc1ccc(N2CCN(c3ncnc(N4CCOCC4)c3[N+](=O)[O-])CC2)cc1C. The van der Waals surface area contributed by atoms with Crippen LogP contribution in [0.15, 0.2) is 24.5 Å². The van der Waals surface area contributed by atoms with Gasteiger partial charge in [-0.05, 0) is 37.1 Å². The highest BCUT2D eigenvalue weighted by atomic mass is 16.6. The van der Waals surface area contributed by atoms with Gasteiger partial charge in [0.15, 0.2) is 0 Å². The quantitative estimate of drug-likeness (QED) is 0.572. The molecule has 29 heavy (non-hydrogen) atoms. The molecule has 0 bridgehead atoms. The fourth-order valence-corrected chi connectivity index (χ4v) is 3.86. The summed E-state index contributed by atoms with van der Waals surface area (Å²) in [6.45, 7) is 9.43. The molecule has 3 heterocycles. The molecule has 2 saturated heterocycles. The average Bonchev–Trinajstić information content (AvgIpc) is 2.76. The highest BCUT2D eigenvalue weighted by molar-refractivity contribution is 5.71. The van der Waals surface area contributed by atoms with E-state index in [2.05, 4.69) is 46.9 Å². The van der Waals surface area contributed by atoms with Gasteiger partial charge in [0.05, 0.1) is 18.1 Å². The Morgan fingerprint density at radius 1 is 0.897 bits per heavy atom. The molecule has 154 valence electrons. The van der Waals surface area contributed by atoms with Crippen LogP contribution >= 0.6 is 0 Å². The number of anilines is 3. The fourth-order valence-electron chi connectivity index (χ4n) is 3.86. The van der Waals surface area contributed by atoms with Crippen LogP contribution in [-0.2, 0) is 4.74 Å². The van der Waals surface area contributed by atoms with Gasteiger partial charge in [0.25, 0.3) is 0 Å². The minimum atomic E-state index is -0.351. The number of hydrogen-bond acceptors (Lipinski definition) is 8. The van der Waals surface area contributed by atoms with Gasteiger partial charge in [-0.15, -0.1) is 0 Å². The lowest BCUT2D eigenvalue weighted by Crippen LogP contribution is -2.47. The molecule has 0 spiro atoms. The molecule has 0 N–H and O–H groups in total. The maximum atomic E-state index is 11.9. The van der Waals surface area contributed by atoms with Crippen molar-refractivity contribution >= 4 is 23.0 Å². The first-order valence-electron chi connectivity index (χ1n) is 9.94. The second kappa shape index (κ2) is 8.20. The summed E-state index contributed by atoms with van der Waals surface area (Å²) in [6.07, 6.45) is 1.43. The van der Waals surface area contributed by atoms with E-state index < -0.39 is 0 Å². The van der Waals surface area contributed by atoms with Gasteiger partial charge in [0.2, 0.25) is 11.6 Å². The van der Waals surface area contributed by atoms with E-state index in [4.69, 9.17) is 4.74 Å². The lowest BCUT2D eigenvalue weighted by molar-refractivity contribution is -0.383. The van der Waals surface area contributed by atoms with Crippen LogP contribution in [0.5, 0.6) is 0 Å². The standard InChI is InChI=1S/C20H26N6O3/c1-15-3-4-17(13-16(15)2)23-5-7-24(8-6-23)19-18(26(27)28)20(22-14-21-19)25-9-11-29-12-10-25/h3-4,13-14H,5-12H2,1-2H3. The summed E-state index contributed by atoms with van der Waals surface area (Å²) >= 11 is 0. The summed E-state index contributed by atoms with van der Waals surface area (Å²) in [5.41, 5.74) is 3.74. The number of piperazine rings is 1. The number of morpholine rings is 1. The van der Waals surface area contributed by atoms with Crippen LogP contribution in [0, 0.1) is 24.0 Å². The summed E-state index contributed by atoms with van der Waals surface area (Å²) in [7, 11) is 0. The summed E-state index contributed by atoms with van der Waals surface area (Å²) in [6, 6.07) is 6.48. The van der Waals surface area contributed by atoms with E-state index in [9.17, 15) is 10.1 Å². The van der Waals surface area contributed by atoms with Gasteiger partial charge in [-0.2, -0.15) is 0 Å². The Hall–Kier alpha value is -2.94. The predicted octanol–water partition coefficient (Wildman–Crippen LogP) is 2.16. The summed E-state index contributed by atoms with van der Waals surface area (Å²) in [4.78, 5) is 26.3. The van der Waals surface area contributed by atoms with Crippen LogP contribution in [0.1, 0.15) is 11.1 Å². The van der Waals surface area contributed by atoms with Crippen molar-refractivity contribution < 1.29 is 9.66 Å². The zero-order valence-electron chi connectivity index (χ0n) is 16.9. The Bertz CT molecular complexity index is 892. The zero-order chi connectivity index (χ0) is 20.4. The molecule has 2 fully saturated rings. The van der Waals surface area contributed by atoms with Gasteiger partial charge in [-0.3, -0.25) is 10.1 Å². The largest absolute Gasteiger partial charge is 0.378 e. The Labute approximate surface area is 170 Å². The van der Waals surface area contributed by atoms with Gasteiger partial charge >= 0.3 is 5.69 Å². The lowest BCUT2D eigenvalue weighted by atomic mass is 10.1. The molecule has 9 nitrogen and oxygen atoms in total. The monoisotopic (exact) mass is 398 g/mol. The topological polar surface area (TPSA) is 87.9 Å². The van der Waals surface area contributed by atoms with Crippen LogP contribution < -0.4 is 14.7 Å². The van der Waals surface area contributed by atoms with E-state index in [0.29, 0.717) is 51.0 Å². The number of nitrogens with zero attached hydrogens (tertiary/aromatic N) is 6. The maximum Gasteiger partial charge on any atom is 0.353 e. The van der Waals surface area contributed by atoms with Crippen LogP contribution in [0.25, 0.3) is 0 Å². The third kappa shape index (κ3) is 3.95.